The Balaban J connectivity index is 2.06. The number of hydrogen-bond donors (Lipinski definition) is 0. The van der Waals surface area contributed by atoms with E-state index in [0.29, 0.717) is 10.3 Å². The second kappa shape index (κ2) is 7.18. The monoisotopic (exact) mass is 454 g/mol. The van der Waals surface area contributed by atoms with Crippen LogP contribution in [0.3, 0.4) is 0 Å². The first-order valence-electron chi connectivity index (χ1n) is 9.91. The maximum absolute atomic E-state index is 13.5. The number of pyridine rings is 2. The molecule has 3 heterocycles. The number of imidazole rings is 1. The molecule has 0 aromatic carbocycles. The van der Waals surface area contributed by atoms with Crippen molar-refractivity contribution in [3.63, 3.8) is 0 Å². The van der Waals surface area contributed by atoms with Crippen molar-refractivity contribution in [2.75, 3.05) is 5.75 Å². The maximum atomic E-state index is 13.5. The zero-order valence-electron chi connectivity index (χ0n) is 17.2. The van der Waals surface area contributed by atoms with Crippen LogP contribution in [0.15, 0.2) is 27.9 Å². The highest BCUT2D eigenvalue weighted by atomic mass is 32.2. The van der Waals surface area contributed by atoms with Gasteiger partial charge in [-0.25, -0.2) is 18.4 Å². The van der Waals surface area contributed by atoms with Gasteiger partial charge in [-0.15, -0.1) is 0 Å². The van der Waals surface area contributed by atoms with Crippen LogP contribution in [0.4, 0.5) is 13.2 Å². The summed E-state index contributed by atoms with van der Waals surface area (Å²) in [6.45, 7) is 2.78. The lowest BCUT2D eigenvalue weighted by atomic mass is 10.2. The van der Waals surface area contributed by atoms with Crippen LogP contribution >= 0.6 is 0 Å². The standard InChI is InChI=1S/C20H21F3N4O3S/c1-4-27-15(20(21,22)23)10-13-17(19(27)28)26(3)18(25-13)16-14(31(29,30)5-2)9-8-12(24-16)11-6-7-11/h8-11H,4-7H2,1-3H3. The van der Waals surface area contributed by atoms with E-state index in [1.54, 1.807) is 6.07 Å². The average molecular weight is 454 g/mol. The SMILES string of the molecule is CCn1c(C(F)(F)F)cc2nc(-c3nc(C4CC4)ccc3S(=O)(=O)CC)n(C)c2c1=O. The number of hydrogen-bond acceptors (Lipinski definition) is 5. The van der Waals surface area contributed by atoms with E-state index in [0.717, 1.165) is 18.9 Å². The molecule has 0 atom stereocenters. The van der Waals surface area contributed by atoms with E-state index in [4.69, 9.17) is 0 Å². The fraction of sp³-hybridized carbons (Fsp3) is 0.450. The van der Waals surface area contributed by atoms with Crippen molar-refractivity contribution in [3.8, 4) is 11.5 Å². The molecular formula is C20H21F3N4O3S. The molecule has 0 bridgehead atoms. The molecule has 1 aliphatic rings. The van der Waals surface area contributed by atoms with Gasteiger partial charge in [0.05, 0.1) is 16.2 Å². The predicted octanol–water partition coefficient (Wildman–Crippen LogP) is 3.51. The molecule has 0 spiro atoms. The van der Waals surface area contributed by atoms with Gasteiger partial charge in [-0.05, 0) is 38.0 Å². The first-order chi connectivity index (χ1) is 14.5. The van der Waals surface area contributed by atoms with Crippen LogP contribution in [0.5, 0.6) is 0 Å². The smallest absolute Gasteiger partial charge is 0.321 e. The van der Waals surface area contributed by atoms with Crippen LogP contribution in [-0.4, -0.2) is 33.3 Å². The van der Waals surface area contributed by atoms with Gasteiger partial charge in [0.25, 0.3) is 5.56 Å². The molecule has 3 aromatic rings. The Bertz CT molecular complexity index is 1350. The Kier molecular flexibility index (Phi) is 4.99. The van der Waals surface area contributed by atoms with Crippen molar-refractivity contribution in [2.45, 2.75) is 50.2 Å². The molecular weight excluding hydrogens is 433 g/mol. The third kappa shape index (κ3) is 3.54. The van der Waals surface area contributed by atoms with Gasteiger partial charge in [0, 0.05) is 25.2 Å². The molecule has 4 rings (SSSR count). The lowest BCUT2D eigenvalue weighted by Gasteiger charge is -2.14. The highest BCUT2D eigenvalue weighted by molar-refractivity contribution is 7.91. The van der Waals surface area contributed by atoms with Crippen LogP contribution in [0.25, 0.3) is 22.6 Å². The zero-order valence-corrected chi connectivity index (χ0v) is 18.0. The third-order valence-electron chi connectivity index (χ3n) is 5.54. The summed E-state index contributed by atoms with van der Waals surface area (Å²) in [5, 5.41) is 0. The minimum Gasteiger partial charge on any atom is -0.321 e. The van der Waals surface area contributed by atoms with Crippen molar-refractivity contribution in [2.24, 2.45) is 7.05 Å². The maximum Gasteiger partial charge on any atom is 0.431 e. The number of aromatic nitrogens is 4. The molecule has 0 aliphatic heterocycles. The Morgan fingerprint density at radius 3 is 2.39 bits per heavy atom. The van der Waals surface area contributed by atoms with Crippen molar-refractivity contribution in [1.29, 1.82) is 0 Å². The quantitative estimate of drug-likeness (QED) is 0.589. The molecule has 31 heavy (non-hydrogen) atoms. The second-order valence-electron chi connectivity index (χ2n) is 7.57. The molecule has 0 radical (unpaired) electrons. The minimum absolute atomic E-state index is 0.0386. The number of nitrogens with zero attached hydrogens (tertiary/aromatic N) is 4. The lowest BCUT2D eigenvalue weighted by Crippen LogP contribution is -2.28. The van der Waals surface area contributed by atoms with Crippen molar-refractivity contribution in [3.05, 3.63) is 39.9 Å². The van der Waals surface area contributed by atoms with Gasteiger partial charge in [-0.1, -0.05) is 6.92 Å². The van der Waals surface area contributed by atoms with Crippen LogP contribution in [0.1, 0.15) is 44.0 Å². The van der Waals surface area contributed by atoms with Gasteiger partial charge in [-0.3, -0.25) is 4.79 Å². The molecule has 1 aliphatic carbocycles. The highest BCUT2D eigenvalue weighted by Crippen LogP contribution is 2.41. The van der Waals surface area contributed by atoms with Crippen molar-refractivity contribution < 1.29 is 21.6 Å². The molecule has 1 fully saturated rings. The van der Waals surface area contributed by atoms with E-state index in [-0.39, 0.29) is 45.7 Å². The van der Waals surface area contributed by atoms with E-state index in [2.05, 4.69) is 9.97 Å². The second-order valence-corrected chi connectivity index (χ2v) is 9.81. The number of fused-ring (bicyclic) bond motifs is 1. The average Bonchev–Trinajstić information content (AvgIpc) is 3.50. The fourth-order valence-corrected chi connectivity index (χ4v) is 4.73. The summed E-state index contributed by atoms with van der Waals surface area (Å²) in [5.41, 5.74) is -1.37. The summed E-state index contributed by atoms with van der Waals surface area (Å²) in [7, 11) is -2.21. The Hall–Kier alpha value is -2.69. The summed E-state index contributed by atoms with van der Waals surface area (Å²) in [5.74, 6) is 0.0968. The van der Waals surface area contributed by atoms with Crippen LogP contribution < -0.4 is 5.56 Å². The van der Waals surface area contributed by atoms with E-state index in [9.17, 15) is 26.4 Å². The number of aryl methyl sites for hydroxylation is 1. The molecule has 1 saturated carbocycles. The number of halogens is 3. The summed E-state index contributed by atoms with van der Waals surface area (Å²) in [6, 6.07) is 3.96. The van der Waals surface area contributed by atoms with Gasteiger partial charge in [0.1, 0.15) is 16.9 Å². The largest absolute Gasteiger partial charge is 0.431 e. The van der Waals surface area contributed by atoms with Gasteiger partial charge in [0.2, 0.25) is 0 Å². The van der Waals surface area contributed by atoms with Crippen molar-refractivity contribution in [1.82, 2.24) is 19.1 Å². The third-order valence-corrected chi connectivity index (χ3v) is 7.30. The highest BCUT2D eigenvalue weighted by Gasteiger charge is 2.36. The van der Waals surface area contributed by atoms with Gasteiger partial charge >= 0.3 is 6.18 Å². The summed E-state index contributed by atoms with van der Waals surface area (Å²) >= 11 is 0. The topological polar surface area (TPSA) is 86.8 Å². The molecule has 11 heteroatoms. The molecule has 0 N–H and O–H groups in total. The normalized spacial score (nSPS) is 15.0. The van der Waals surface area contributed by atoms with Crippen LogP contribution in [0.2, 0.25) is 0 Å². The van der Waals surface area contributed by atoms with Gasteiger partial charge in [-0.2, -0.15) is 13.2 Å². The fourth-order valence-electron chi connectivity index (χ4n) is 3.71. The van der Waals surface area contributed by atoms with Crippen molar-refractivity contribution >= 4 is 20.9 Å². The summed E-state index contributed by atoms with van der Waals surface area (Å²) < 4.78 is 67.8. The summed E-state index contributed by atoms with van der Waals surface area (Å²) in [6.07, 6.45) is -2.86. The van der Waals surface area contributed by atoms with Crippen LogP contribution in [0, 0.1) is 0 Å². The molecule has 0 unspecified atom stereocenters. The minimum atomic E-state index is -4.73. The first-order valence-corrected chi connectivity index (χ1v) is 11.6. The van der Waals surface area contributed by atoms with E-state index >= 15 is 0 Å². The molecule has 0 saturated heterocycles. The first kappa shape index (κ1) is 21.5. The lowest BCUT2D eigenvalue weighted by molar-refractivity contribution is -0.144. The number of rotatable bonds is 5. The van der Waals surface area contributed by atoms with Crippen LogP contribution in [-0.2, 0) is 29.6 Å². The van der Waals surface area contributed by atoms with E-state index in [1.165, 1.54) is 31.5 Å². The zero-order chi connectivity index (χ0) is 22.7. The predicted molar refractivity (Wildman–Crippen MR) is 109 cm³/mol. The van der Waals surface area contributed by atoms with E-state index in [1.807, 2.05) is 0 Å². The molecule has 3 aromatic heterocycles. The van der Waals surface area contributed by atoms with E-state index < -0.39 is 27.3 Å². The molecule has 7 nitrogen and oxygen atoms in total. The molecule has 166 valence electrons. The Morgan fingerprint density at radius 2 is 1.84 bits per heavy atom. The van der Waals surface area contributed by atoms with Gasteiger partial charge < -0.3 is 9.13 Å². The number of alkyl halides is 3. The van der Waals surface area contributed by atoms with Gasteiger partial charge in [0.15, 0.2) is 15.7 Å². The summed E-state index contributed by atoms with van der Waals surface area (Å²) in [4.78, 5) is 21.6. The number of sulfone groups is 1. The Labute approximate surface area is 176 Å². The molecule has 0 amide bonds. The Morgan fingerprint density at radius 1 is 1.16 bits per heavy atom.